The zero-order valence-electron chi connectivity index (χ0n) is 17.6. The first-order valence-electron chi connectivity index (χ1n) is 10.1. The van der Waals surface area contributed by atoms with Crippen LogP contribution in [0.2, 0.25) is 0 Å². The zero-order valence-corrected chi connectivity index (χ0v) is 18.4. The van der Waals surface area contributed by atoms with E-state index in [0.717, 1.165) is 24.0 Å². The van der Waals surface area contributed by atoms with Crippen LogP contribution in [0.4, 0.5) is 5.69 Å². The molecular weight excluding hydrogens is 418 g/mol. The molecule has 0 spiro atoms. The van der Waals surface area contributed by atoms with Crippen molar-refractivity contribution < 1.29 is 22.7 Å². The molecule has 1 fully saturated rings. The second-order valence-corrected chi connectivity index (χ2v) is 9.26. The number of nitrogens with one attached hydrogen (secondary N) is 3. The maximum atomic E-state index is 12.5. The summed E-state index contributed by atoms with van der Waals surface area (Å²) >= 11 is 0. The van der Waals surface area contributed by atoms with E-state index in [0.29, 0.717) is 12.3 Å². The number of anilines is 1. The highest BCUT2D eigenvalue weighted by Crippen LogP contribution is 2.18. The highest BCUT2D eigenvalue weighted by molar-refractivity contribution is 7.89. The Hall–Kier alpha value is -2.75. The van der Waals surface area contributed by atoms with Crippen molar-refractivity contribution in [2.24, 2.45) is 0 Å². The molecule has 31 heavy (non-hydrogen) atoms. The summed E-state index contributed by atoms with van der Waals surface area (Å²) in [5.74, 6) is -0.906. The van der Waals surface area contributed by atoms with Crippen molar-refractivity contribution in [3.8, 4) is 0 Å². The molecule has 0 unspecified atom stereocenters. The smallest absolute Gasteiger partial charge is 0.251 e. The lowest BCUT2D eigenvalue weighted by molar-refractivity contribution is -0.115. The molecule has 9 heteroatoms. The zero-order chi connectivity index (χ0) is 22.4. The van der Waals surface area contributed by atoms with E-state index in [1.54, 1.807) is 6.07 Å². The molecule has 2 aromatic carbocycles. The number of rotatable bonds is 8. The van der Waals surface area contributed by atoms with Gasteiger partial charge in [0, 0.05) is 24.4 Å². The second kappa shape index (κ2) is 10.0. The Morgan fingerprint density at radius 1 is 1.13 bits per heavy atom. The van der Waals surface area contributed by atoms with Crippen molar-refractivity contribution in [3.63, 3.8) is 0 Å². The fraction of sp³-hybridized carbons (Fsp3) is 0.364. The minimum atomic E-state index is -3.77. The van der Waals surface area contributed by atoms with Gasteiger partial charge in [-0.2, -0.15) is 0 Å². The molecule has 3 rings (SSSR count). The van der Waals surface area contributed by atoms with Gasteiger partial charge >= 0.3 is 0 Å². The van der Waals surface area contributed by atoms with E-state index < -0.39 is 15.9 Å². The third-order valence-electron chi connectivity index (χ3n) is 5.22. The number of sulfonamides is 1. The Labute approximate surface area is 182 Å². The normalized spacial score (nSPS) is 16.1. The van der Waals surface area contributed by atoms with E-state index in [2.05, 4.69) is 15.4 Å². The number of carbonyl (C=O) groups is 2. The summed E-state index contributed by atoms with van der Waals surface area (Å²) in [4.78, 5) is 24.6. The second-order valence-electron chi connectivity index (χ2n) is 7.49. The van der Waals surface area contributed by atoms with E-state index in [1.165, 1.54) is 24.3 Å². The van der Waals surface area contributed by atoms with Gasteiger partial charge in [-0.25, -0.2) is 13.1 Å². The van der Waals surface area contributed by atoms with Crippen LogP contribution in [0.25, 0.3) is 0 Å². The molecule has 0 radical (unpaired) electrons. The molecule has 0 bridgehead atoms. The van der Waals surface area contributed by atoms with Crippen LogP contribution in [0.5, 0.6) is 0 Å². The van der Waals surface area contributed by atoms with Crippen molar-refractivity contribution in [2.75, 3.05) is 25.0 Å². The maximum absolute atomic E-state index is 12.5. The molecule has 166 valence electrons. The van der Waals surface area contributed by atoms with Gasteiger partial charge in [-0.05, 0) is 62.1 Å². The predicted octanol–water partition coefficient (Wildman–Crippen LogP) is 2.13. The van der Waals surface area contributed by atoms with Crippen molar-refractivity contribution in [1.82, 2.24) is 10.0 Å². The SMILES string of the molecule is Cc1cccc(NC(=O)CNC(=O)c2cccc(S(=O)(=O)NC[C@H]3CCCO3)c2)c1C. The van der Waals surface area contributed by atoms with Gasteiger partial charge in [0.05, 0.1) is 17.5 Å². The fourth-order valence-corrected chi connectivity index (χ4v) is 4.35. The number of carbonyl (C=O) groups excluding carboxylic acids is 2. The Kier molecular flexibility index (Phi) is 7.42. The van der Waals surface area contributed by atoms with Gasteiger partial charge in [-0.1, -0.05) is 18.2 Å². The number of ether oxygens (including phenoxy) is 1. The molecule has 1 atom stereocenters. The van der Waals surface area contributed by atoms with Gasteiger partial charge in [-0.3, -0.25) is 9.59 Å². The van der Waals surface area contributed by atoms with Crippen LogP contribution in [0.15, 0.2) is 47.4 Å². The van der Waals surface area contributed by atoms with E-state index >= 15 is 0 Å². The standard InChI is InChI=1S/C22H27N3O5S/c1-15-6-3-10-20(16(15)2)25-21(26)14-23-22(27)17-7-4-9-19(12-17)31(28,29)24-13-18-8-5-11-30-18/h3-4,6-7,9-10,12,18,24H,5,8,11,13-14H2,1-2H3,(H,23,27)(H,25,26)/t18-/m1/s1. The molecule has 1 saturated heterocycles. The quantitative estimate of drug-likeness (QED) is 0.576. The summed E-state index contributed by atoms with van der Waals surface area (Å²) in [6.45, 7) is 4.45. The summed E-state index contributed by atoms with van der Waals surface area (Å²) < 4.78 is 33.0. The van der Waals surface area contributed by atoms with Crippen molar-refractivity contribution in [1.29, 1.82) is 0 Å². The van der Waals surface area contributed by atoms with E-state index in [-0.39, 0.29) is 35.6 Å². The number of hydrogen-bond donors (Lipinski definition) is 3. The summed E-state index contributed by atoms with van der Waals surface area (Å²) in [5.41, 5.74) is 2.84. The molecule has 1 heterocycles. The first-order chi connectivity index (χ1) is 14.8. The van der Waals surface area contributed by atoms with Crippen LogP contribution in [0.3, 0.4) is 0 Å². The third kappa shape index (κ3) is 6.13. The van der Waals surface area contributed by atoms with E-state index in [4.69, 9.17) is 4.74 Å². The van der Waals surface area contributed by atoms with Crippen molar-refractivity contribution in [3.05, 3.63) is 59.2 Å². The van der Waals surface area contributed by atoms with Gasteiger partial charge in [-0.15, -0.1) is 0 Å². The monoisotopic (exact) mass is 445 g/mol. The Morgan fingerprint density at radius 2 is 1.90 bits per heavy atom. The summed E-state index contributed by atoms with van der Waals surface area (Å²) in [7, 11) is -3.77. The molecule has 2 amide bonds. The lowest BCUT2D eigenvalue weighted by Gasteiger charge is -2.12. The Bertz CT molecular complexity index is 1060. The summed E-state index contributed by atoms with van der Waals surface area (Å²) in [6, 6.07) is 11.3. The van der Waals surface area contributed by atoms with Gasteiger partial charge in [0.2, 0.25) is 15.9 Å². The van der Waals surface area contributed by atoms with Crippen LogP contribution in [-0.2, 0) is 19.6 Å². The average Bonchev–Trinajstić information content (AvgIpc) is 3.28. The number of hydrogen-bond acceptors (Lipinski definition) is 5. The largest absolute Gasteiger partial charge is 0.377 e. The highest BCUT2D eigenvalue weighted by Gasteiger charge is 2.21. The van der Waals surface area contributed by atoms with Crippen LogP contribution >= 0.6 is 0 Å². The topological polar surface area (TPSA) is 114 Å². The number of benzene rings is 2. The maximum Gasteiger partial charge on any atom is 0.251 e. The molecule has 1 aliphatic heterocycles. The Morgan fingerprint density at radius 3 is 2.65 bits per heavy atom. The molecule has 8 nitrogen and oxygen atoms in total. The van der Waals surface area contributed by atoms with E-state index in [9.17, 15) is 18.0 Å². The van der Waals surface area contributed by atoms with Crippen molar-refractivity contribution >= 4 is 27.5 Å². The molecule has 3 N–H and O–H groups in total. The van der Waals surface area contributed by atoms with E-state index in [1.807, 2.05) is 26.0 Å². The van der Waals surface area contributed by atoms with Crippen LogP contribution in [0, 0.1) is 13.8 Å². The van der Waals surface area contributed by atoms with Gasteiger partial charge in [0.15, 0.2) is 0 Å². The summed E-state index contributed by atoms with van der Waals surface area (Å²) in [6.07, 6.45) is 1.60. The Balaban J connectivity index is 1.58. The minimum Gasteiger partial charge on any atom is -0.377 e. The van der Waals surface area contributed by atoms with Gasteiger partial charge in [0.1, 0.15) is 0 Å². The molecule has 0 aliphatic carbocycles. The predicted molar refractivity (Wildman–Crippen MR) is 117 cm³/mol. The molecule has 0 aromatic heterocycles. The molecule has 0 saturated carbocycles. The molecule has 2 aromatic rings. The minimum absolute atomic E-state index is 0.0158. The molecular formula is C22H27N3O5S. The number of aryl methyl sites for hydroxylation is 1. The van der Waals surface area contributed by atoms with Gasteiger partial charge < -0.3 is 15.4 Å². The fourth-order valence-electron chi connectivity index (χ4n) is 3.24. The first kappa shape index (κ1) is 22.9. The highest BCUT2D eigenvalue weighted by atomic mass is 32.2. The molecule has 1 aliphatic rings. The third-order valence-corrected chi connectivity index (χ3v) is 6.64. The van der Waals surface area contributed by atoms with Crippen LogP contribution in [0.1, 0.15) is 34.3 Å². The number of amides is 2. The first-order valence-corrected chi connectivity index (χ1v) is 11.6. The lowest BCUT2D eigenvalue weighted by Crippen LogP contribution is -2.33. The van der Waals surface area contributed by atoms with Crippen LogP contribution < -0.4 is 15.4 Å². The summed E-state index contributed by atoms with van der Waals surface area (Å²) in [5, 5.41) is 5.29. The van der Waals surface area contributed by atoms with Gasteiger partial charge in [0.25, 0.3) is 5.91 Å². The van der Waals surface area contributed by atoms with Crippen LogP contribution in [-0.4, -0.2) is 46.0 Å². The van der Waals surface area contributed by atoms with Crippen molar-refractivity contribution in [2.45, 2.75) is 37.7 Å². The average molecular weight is 446 g/mol. The lowest BCUT2D eigenvalue weighted by atomic mass is 10.1.